The number of allylic oxidation sites excluding steroid dienone is 1. The van der Waals surface area contributed by atoms with Crippen molar-refractivity contribution in [2.24, 2.45) is 0 Å². The standard InChI is InChI=1S/C27H26N2O8/c1-34-22-12-9-19(6-5-17-15-23(35-2)27(37-4)24(16-17)36-3)25(26(22)31)28-14-13-21(30)18-7-10-20(11-8-18)29(32)33/h5-16,28,31H,1-4H3/b6-5-,14-13-. The lowest BCUT2D eigenvalue weighted by atomic mass is 10.1. The van der Waals surface area contributed by atoms with Crippen LogP contribution in [0.4, 0.5) is 11.4 Å². The summed E-state index contributed by atoms with van der Waals surface area (Å²) >= 11 is 0. The summed E-state index contributed by atoms with van der Waals surface area (Å²) in [5.41, 5.74) is 1.82. The molecule has 0 saturated heterocycles. The highest BCUT2D eigenvalue weighted by atomic mass is 16.6. The Morgan fingerprint density at radius 2 is 1.51 bits per heavy atom. The summed E-state index contributed by atoms with van der Waals surface area (Å²) in [6.45, 7) is 0. The Morgan fingerprint density at radius 1 is 0.892 bits per heavy atom. The van der Waals surface area contributed by atoms with Crippen LogP contribution >= 0.6 is 0 Å². The van der Waals surface area contributed by atoms with Gasteiger partial charge in [0.25, 0.3) is 5.69 Å². The Bertz CT molecular complexity index is 1320. The maximum absolute atomic E-state index is 12.5. The van der Waals surface area contributed by atoms with Gasteiger partial charge in [0, 0.05) is 35.5 Å². The number of methoxy groups -OCH3 is 4. The van der Waals surface area contributed by atoms with Crippen LogP contribution in [0.25, 0.3) is 12.2 Å². The number of aromatic hydroxyl groups is 1. The SMILES string of the molecule is COc1ccc(/C=C\c2cc(OC)c(OC)c(OC)c2)c(N/C=C\C(=O)c2ccc([N+](=O)[O-])cc2)c1O. The van der Waals surface area contributed by atoms with E-state index in [0.717, 1.165) is 5.56 Å². The van der Waals surface area contributed by atoms with Crippen molar-refractivity contribution in [3.8, 4) is 28.7 Å². The fourth-order valence-corrected chi connectivity index (χ4v) is 3.47. The quantitative estimate of drug-likeness (QED) is 0.0887. The average Bonchev–Trinajstić information content (AvgIpc) is 2.92. The molecule has 37 heavy (non-hydrogen) atoms. The fourth-order valence-electron chi connectivity index (χ4n) is 3.47. The number of nitro groups is 1. The van der Waals surface area contributed by atoms with E-state index in [1.54, 1.807) is 36.4 Å². The number of nitrogens with zero attached hydrogens (tertiary/aromatic N) is 1. The second kappa shape index (κ2) is 12.1. The van der Waals surface area contributed by atoms with E-state index in [0.29, 0.717) is 28.5 Å². The highest BCUT2D eigenvalue weighted by molar-refractivity contribution is 6.04. The molecule has 0 radical (unpaired) electrons. The van der Waals surface area contributed by atoms with Gasteiger partial charge in [-0.2, -0.15) is 0 Å². The first-order chi connectivity index (χ1) is 17.8. The number of nitrogens with one attached hydrogen (secondary N) is 1. The monoisotopic (exact) mass is 506 g/mol. The van der Waals surface area contributed by atoms with Crippen molar-refractivity contribution in [3.05, 3.63) is 87.6 Å². The van der Waals surface area contributed by atoms with Crippen LogP contribution < -0.4 is 24.3 Å². The third kappa shape index (κ3) is 6.17. The van der Waals surface area contributed by atoms with Crippen LogP contribution in [0.15, 0.2) is 60.8 Å². The number of carbonyl (C=O) groups excluding carboxylic acids is 1. The molecular weight excluding hydrogens is 480 g/mol. The first kappa shape index (κ1) is 26.6. The maximum atomic E-state index is 12.5. The van der Waals surface area contributed by atoms with Gasteiger partial charge in [-0.05, 0) is 42.0 Å². The van der Waals surface area contributed by atoms with E-state index in [4.69, 9.17) is 18.9 Å². The second-order valence-corrected chi connectivity index (χ2v) is 7.52. The molecule has 0 saturated carbocycles. The van der Waals surface area contributed by atoms with E-state index >= 15 is 0 Å². The molecule has 2 N–H and O–H groups in total. The van der Waals surface area contributed by atoms with Crippen molar-refractivity contribution < 1.29 is 33.8 Å². The van der Waals surface area contributed by atoms with Gasteiger partial charge in [0.1, 0.15) is 0 Å². The van der Waals surface area contributed by atoms with Gasteiger partial charge in [0.2, 0.25) is 5.75 Å². The summed E-state index contributed by atoms with van der Waals surface area (Å²) in [6.07, 6.45) is 6.18. The highest BCUT2D eigenvalue weighted by Gasteiger charge is 2.14. The van der Waals surface area contributed by atoms with Gasteiger partial charge < -0.3 is 29.4 Å². The van der Waals surface area contributed by atoms with Crippen molar-refractivity contribution >= 4 is 29.3 Å². The topological polar surface area (TPSA) is 129 Å². The smallest absolute Gasteiger partial charge is 0.269 e. The number of benzene rings is 3. The number of nitro benzene ring substituents is 1. The van der Waals surface area contributed by atoms with E-state index in [9.17, 15) is 20.0 Å². The molecule has 3 aromatic carbocycles. The lowest BCUT2D eigenvalue weighted by Crippen LogP contribution is -1.99. The van der Waals surface area contributed by atoms with E-state index in [2.05, 4.69) is 5.32 Å². The molecule has 0 spiro atoms. The molecular formula is C27H26N2O8. The molecule has 0 amide bonds. The number of phenolic OH excluding ortho intramolecular Hbond substituents is 1. The third-order valence-electron chi connectivity index (χ3n) is 5.36. The van der Waals surface area contributed by atoms with Gasteiger partial charge in [-0.25, -0.2) is 0 Å². The van der Waals surface area contributed by atoms with E-state index in [1.807, 2.05) is 0 Å². The van der Waals surface area contributed by atoms with Crippen molar-refractivity contribution in [1.82, 2.24) is 0 Å². The van der Waals surface area contributed by atoms with Crippen molar-refractivity contribution in [1.29, 1.82) is 0 Å². The van der Waals surface area contributed by atoms with Gasteiger partial charge in [0.15, 0.2) is 28.8 Å². The van der Waals surface area contributed by atoms with Crippen LogP contribution in [0.1, 0.15) is 21.5 Å². The molecule has 0 heterocycles. The van der Waals surface area contributed by atoms with Crippen LogP contribution in [-0.4, -0.2) is 44.3 Å². The number of non-ortho nitro benzene ring substituents is 1. The second-order valence-electron chi connectivity index (χ2n) is 7.52. The van der Waals surface area contributed by atoms with Crippen LogP contribution in [0.2, 0.25) is 0 Å². The number of ketones is 1. The Hall–Kier alpha value is -4.99. The molecule has 10 nitrogen and oxygen atoms in total. The number of ether oxygens (including phenoxy) is 4. The Morgan fingerprint density at radius 3 is 2.05 bits per heavy atom. The third-order valence-corrected chi connectivity index (χ3v) is 5.36. The van der Waals surface area contributed by atoms with Gasteiger partial charge >= 0.3 is 0 Å². The van der Waals surface area contributed by atoms with Crippen LogP contribution in [0, 0.1) is 10.1 Å². The lowest BCUT2D eigenvalue weighted by Gasteiger charge is -2.13. The molecule has 0 atom stereocenters. The number of carbonyl (C=O) groups is 1. The molecule has 192 valence electrons. The number of anilines is 1. The Balaban J connectivity index is 1.89. The Labute approximate surface area is 213 Å². The summed E-state index contributed by atoms with van der Waals surface area (Å²) in [6, 6.07) is 12.2. The van der Waals surface area contributed by atoms with Gasteiger partial charge in [-0.3, -0.25) is 14.9 Å². The minimum absolute atomic E-state index is 0.108. The molecule has 0 aliphatic heterocycles. The fraction of sp³-hybridized carbons (Fsp3) is 0.148. The molecule has 10 heteroatoms. The first-order valence-electron chi connectivity index (χ1n) is 10.9. The largest absolute Gasteiger partial charge is 0.503 e. The summed E-state index contributed by atoms with van der Waals surface area (Å²) in [4.78, 5) is 22.7. The van der Waals surface area contributed by atoms with Gasteiger partial charge in [0.05, 0.1) is 39.0 Å². The highest BCUT2D eigenvalue weighted by Crippen LogP contribution is 2.40. The maximum Gasteiger partial charge on any atom is 0.269 e. The van der Waals surface area contributed by atoms with Crippen LogP contribution in [0.3, 0.4) is 0 Å². The number of hydrogen-bond acceptors (Lipinski definition) is 9. The molecule has 0 aromatic heterocycles. The molecule has 0 aliphatic rings. The zero-order valence-corrected chi connectivity index (χ0v) is 20.7. The average molecular weight is 507 g/mol. The van der Waals surface area contributed by atoms with Gasteiger partial charge in [-0.15, -0.1) is 0 Å². The lowest BCUT2D eigenvalue weighted by molar-refractivity contribution is -0.384. The predicted molar refractivity (Wildman–Crippen MR) is 140 cm³/mol. The first-order valence-corrected chi connectivity index (χ1v) is 10.9. The number of hydrogen-bond donors (Lipinski definition) is 2. The van der Waals surface area contributed by atoms with Crippen LogP contribution in [-0.2, 0) is 0 Å². The van der Waals surface area contributed by atoms with Crippen molar-refractivity contribution in [2.75, 3.05) is 33.8 Å². The van der Waals surface area contributed by atoms with Crippen molar-refractivity contribution in [3.63, 3.8) is 0 Å². The number of phenols is 1. The molecule has 0 fully saturated rings. The number of rotatable bonds is 11. The molecule has 0 bridgehead atoms. The summed E-state index contributed by atoms with van der Waals surface area (Å²) in [7, 11) is 6.00. The summed E-state index contributed by atoms with van der Waals surface area (Å²) in [5.74, 6) is 1.16. The molecule has 3 rings (SSSR count). The normalized spacial score (nSPS) is 10.9. The Kier molecular flexibility index (Phi) is 8.71. The minimum atomic E-state index is -0.537. The molecule has 0 aliphatic carbocycles. The van der Waals surface area contributed by atoms with Gasteiger partial charge in [-0.1, -0.05) is 12.2 Å². The predicted octanol–water partition coefficient (Wildman–Crippen LogP) is 5.31. The van der Waals surface area contributed by atoms with Crippen molar-refractivity contribution in [2.45, 2.75) is 0 Å². The molecule has 3 aromatic rings. The minimum Gasteiger partial charge on any atom is -0.503 e. The van der Waals surface area contributed by atoms with E-state index in [-0.39, 0.29) is 28.5 Å². The summed E-state index contributed by atoms with van der Waals surface area (Å²) in [5, 5.41) is 24.4. The zero-order valence-electron chi connectivity index (χ0n) is 20.7. The molecule has 0 unspecified atom stereocenters. The van der Waals surface area contributed by atoms with Crippen LogP contribution in [0.5, 0.6) is 28.7 Å². The summed E-state index contributed by atoms with van der Waals surface area (Å²) < 4.78 is 21.3. The van der Waals surface area contributed by atoms with E-state index in [1.165, 1.54) is 65.0 Å². The van der Waals surface area contributed by atoms with E-state index < -0.39 is 4.92 Å². The zero-order chi connectivity index (χ0) is 26.9.